The predicted molar refractivity (Wildman–Crippen MR) is 71.2 cm³/mol. The molecule has 0 aromatic carbocycles. The van der Waals surface area contributed by atoms with Crippen molar-refractivity contribution in [1.82, 2.24) is 15.5 Å². The Hall–Kier alpha value is -1.10. The van der Waals surface area contributed by atoms with Crippen LogP contribution in [0.1, 0.15) is 39.0 Å². The van der Waals surface area contributed by atoms with Crippen LogP contribution in [0.15, 0.2) is 0 Å². The van der Waals surface area contributed by atoms with Crippen molar-refractivity contribution >= 4 is 11.8 Å². The second-order valence-corrected chi connectivity index (χ2v) is 4.83. The van der Waals surface area contributed by atoms with Gasteiger partial charge in [-0.15, -0.1) is 0 Å². The first-order valence-electron chi connectivity index (χ1n) is 6.88. The maximum Gasteiger partial charge on any atom is 0.234 e. The van der Waals surface area contributed by atoms with Crippen molar-refractivity contribution in [3.8, 4) is 0 Å². The van der Waals surface area contributed by atoms with Crippen LogP contribution in [0.5, 0.6) is 0 Å². The molecule has 5 nitrogen and oxygen atoms in total. The smallest absolute Gasteiger partial charge is 0.234 e. The van der Waals surface area contributed by atoms with Crippen LogP contribution in [0.3, 0.4) is 0 Å². The molecule has 2 amide bonds. The lowest BCUT2D eigenvalue weighted by Crippen LogP contribution is -2.40. The van der Waals surface area contributed by atoms with Crippen molar-refractivity contribution in [2.75, 3.05) is 26.7 Å². The molecule has 1 aliphatic heterocycles. The molecule has 5 heteroatoms. The number of nitrogens with zero attached hydrogens (tertiary/aromatic N) is 1. The Morgan fingerprint density at radius 1 is 1.33 bits per heavy atom. The molecule has 1 fully saturated rings. The highest BCUT2D eigenvalue weighted by atomic mass is 16.2. The van der Waals surface area contributed by atoms with Crippen molar-refractivity contribution in [2.45, 2.75) is 45.1 Å². The van der Waals surface area contributed by atoms with Gasteiger partial charge in [-0.05, 0) is 25.8 Å². The first-order valence-corrected chi connectivity index (χ1v) is 6.88. The summed E-state index contributed by atoms with van der Waals surface area (Å²) >= 11 is 0. The lowest BCUT2D eigenvalue weighted by atomic mass is 10.3. The summed E-state index contributed by atoms with van der Waals surface area (Å²) in [6.45, 7) is 4.09. The zero-order chi connectivity index (χ0) is 13.4. The van der Waals surface area contributed by atoms with E-state index < -0.39 is 0 Å². The molecular weight excluding hydrogens is 237 g/mol. The quantitative estimate of drug-likeness (QED) is 0.519. The van der Waals surface area contributed by atoms with E-state index in [-0.39, 0.29) is 11.8 Å². The summed E-state index contributed by atoms with van der Waals surface area (Å²) in [5.41, 5.74) is 0. The van der Waals surface area contributed by atoms with E-state index in [1.54, 1.807) is 7.05 Å². The van der Waals surface area contributed by atoms with Gasteiger partial charge in [0.2, 0.25) is 11.8 Å². The average molecular weight is 262 g/mol. The van der Waals surface area contributed by atoms with Crippen LogP contribution < -0.4 is 10.6 Å². The molecule has 0 saturated carbocycles. The molecular formula is C13H25N3O2. The van der Waals surface area contributed by atoms with Crippen LogP contribution in [0, 0.1) is 0 Å². The van der Waals surface area contributed by atoms with Gasteiger partial charge in [-0.3, -0.25) is 14.5 Å². The molecule has 1 aliphatic rings. The van der Waals surface area contributed by atoms with Crippen molar-refractivity contribution in [2.24, 2.45) is 0 Å². The molecule has 1 heterocycles. The van der Waals surface area contributed by atoms with Gasteiger partial charge in [0, 0.05) is 26.1 Å². The van der Waals surface area contributed by atoms with Crippen molar-refractivity contribution in [1.29, 1.82) is 0 Å². The summed E-state index contributed by atoms with van der Waals surface area (Å²) in [6.07, 6.45) is 5.08. The Morgan fingerprint density at radius 2 is 2.11 bits per heavy atom. The maximum atomic E-state index is 11.7. The minimum atomic E-state index is -0.0414. The molecule has 0 aliphatic carbocycles. The molecule has 1 atom stereocenters. The standard InChI is InChI=1S/C13H25N3O2/c1-3-5-11-6-4-9-16(11)10-13(18)15-8-7-12(17)14-2/h11H,3-10H2,1-2H3,(H,14,17)(H,15,18)/i1+1,2+1,3+1,5+1,10+1,13+1,14+1. The number of likely N-dealkylation sites (tertiary alicyclic amines) is 1. The number of nitrogens with one attached hydrogen (secondary N) is 2. The minimum absolute atomic E-state index is 0.0295. The fourth-order valence-corrected chi connectivity index (χ4v) is 2.44. The van der Waals surface area contributed by atoms with Gasteiger partial charge in [-0.25, -0.2) is 0 Å². The molecule has 1 saturated heterocycles. The molecule has 0 spiro atoms. The topological polar surface area (TPSA) is 61.4 Å². The molecule has 18 heavy (non-hydrogen) atoms. The highest BCUT2D eigenvalue weighted by Crippen LogP contribution is 2.20. The third-order valence-corrected chi connectivity index (χ3v) is 3.42. The number of carbonyl (C=O) groups is 2. The van der Waals surface area contributed by atoms with E-state index in [1.807, 2.05) is 0 Å². The van der Waals surface area contributed by atoms with E-state index in [0.717, 1.165) is 6.54 Å². The number of rotatable bonds is 7. The van der Waals surface area contributed by atoms with Crippen molar-refractivity contribution < 1.29 is 9.59 Å². The van der Waals surface area contributed by atoms with E-state index in [2.05, 4.69) is 22.5 Å². The van der Waals surface area contributed by atoms with E-state index in [4.69, 9.17) is 0 Å². The fourth-order valence-electron chi connectivity index (χ4n) is 2.44. The lowest BCUT2D eigenvalue weighted by molar-refractivity contribution is -0.123. The fraction of sp³-hybridized carbons (Fsp3) is 0.846. The Kier molecular flexibility index (Phi) is 6.72. The molecule has 2 N–H and O–H groups in total. The van der Waals surface area contributed by atoms with Crippen LogP contribution in [0.4, 0.5) is 0 Å². The second-order valence-electron chi connectivity index (χ2n) is 4.83. The van der Waals surface area contributed by atoms with Gasteiger partial charge in [0.1, 0.15) is 0 Å². The van der Waals surface area contributed by atoms with Gasteiger partial charge in [0.15, 0.2) is 0 Å². The Bertz CT molecular complexity index is 281. The SMILES string of the molecule is [13CH3][13CH2][13CH2]C1CCCN1[13CH2][13C](=O)NCCC(=O)[15NH][13CH3]. The number of carbonyl (C=O) groups excluding carboxylic acids is 2. The Balaban J connectivity index is 2.20. The van der Waals surface area contributed by atoms with E-state index in [9.17, 15) is 9.59 Å². The molecule has 1 rings (SSSR count). The van der Waals surface area contributed by atoms with Crippen LogP contribution in [-0.2, 0) is 9.59 Å². The summed E-state index contributed by atoms with van der Waals surface area (Å²) in [5.74, 6) is -0.0118. The summed E-state index contributed by atoms with van der Waals surface area (Å²) in [4.78, 5) is 25.0. The zero-order valence-electron chi connectivity index (χ0n) is 11.5. The molecule has 1 unspecified atom stereocenters. The summed E-state index contributed by atoms with van der Waals surface area (Å²) in [7, 11) is 1.60. The second kappa shape index (κ2) is 8.08. The van der Waals surface area contributed by atoms with E-state index >= 15 is 0 Å². The summed E-state index contributed by atoms with van der Waals surface area (Å²) in [5, 5.41) is 5.33. The number of hydrogen-bond acceptors (Lipinski definition) is 3. The van der Waals surface area contributed by atoms with Crippen molar-refractivity contribution in [3.05, 3.63) is 0 Å². The van der Waals surface area contributed by atoms with Crippen LogP contribution in [0.25, 0.3) is 0 Å². The van der Waals surface area contributed by atoms with Crippen LogP contribution >= 0.6 is 0 Å². The zero-order valence-corrected chi connectivity index (χ0v) is 11.5. The van der Waals surface area contributed by atoms with Crippen LogP contribution in [-0.4, -0.2) is 49.4 Å². The number of hydrogen-bond donors (Lipinski definition) is 2. The van der Waals surface area contributed by atoms with Gasteiger partial charge in [-0.1, -0.05) is 13.3 Å². The van der Waals surface area contributed by atoms with Gasteiger partial charge < -0.3 is 10.6 Å². The summed E-state index contributed by atoms with van der Waals surface area (Å²) in [6, 6.07) is 0.569. The molecule has 0 aromatic rings. The van der Waals surface area contributed by atoms with E-state index in [0.29, 0.717) is 25.6 Å². The van der Waals surface area contributed by atoms with E-state index in [1.165, 1.54) is 25.7 Å². The van der Waals surface area contributed by atoms with Gasteiger partial charge in [0.05, 0.1) is 6.54 Å². The highest BCUT2D eigenvalue weighted by Gasteiger charge is 2.25. The van der Waals surface area contributed by atoms with Gasteiger partial charge in [0.25, 0.3) is 0 Å². The molecule has 0 radical (unpaired) electrons. The minimum Gasteiger partial charge on any atom is -0.359 e. The largest absolute Gasteiger partial charge is 0.359 e. The molecule has 0 aromatic heterocycles. The normalized spacial score (nSPS) is 19.8. The maximum absolute atomic E-state index is 11.7. The molecule has 0 bridgehead atoms. The Morgan fingerprint density at radius 3 is 2.78 bits per heavy atom. The monoisotopic (exact) mass is 262 g/mol. The van der Waals surface area contributed by atoms with Crippen molar-refractivity contribution in [3.63, 3.8) is 0 Å². The average Bonchev–Trinajstić information content (AvgIpc) is 2.77. The third kappa shape index (κ3) is 5.04. The Labute approximate surface area is 109 Å². The number of amides is 2. The van der Waals surface area contributed by atoms with Gasteiger partial charge in [-0.2, -0.15) is 0 Å². The lowest BCUT2D eigenvalue weighted by Gasteiger charge is -2.23. The predicted octanol–water partition coefficient (Wildman–Crippen LogP) is 0.503. The molecule has 104 valence electrons. The first kappa shape index (κ1) is 15.0. The van der Waals surface area contributed by atoms with Gasteiger partial charge >= 0.3 is 0 Å². The highest BCUT2D eigenvalue weighted by molar-refractivity contribution is 5.80. The third-order valence-electron chi connectivity index (χ3n) is 3.42. The summed E-state index contributed by atoms with van der Waals surface area (Å²) < 4.78 is 0. The first-order chi connectivity index (χ1) is 8.67. The van der Waals surface area contributed by atoms with Crippen LogP contribution in [0.2, 0.25) is 0 Å².